The van der Waals surface area contributed by atoms with Crippen molar-refractivity contribution in [1.82, 2.24) is 15.7 Å². The maximum absolute atomic E-state index is 14.6. The Labute approximate surface area is 323 Å². The van der Waals surface area contributed by atoms with Gasteiger partial charge in [-0.25, -0.2) is 0 Å². The van der Waals surface area contributed by atoms with Gasteiger partial charge in [0.05, 0.1) is 24.9 Å². The van der Waals surface area contributed by atoms with Crippen molar-refractivity contribution < 1.29 is 43.3 Å². The number of allylic oxidation sites excluding steroid dienone is 1. The number of hydrogen-bond donors (Lipinski definition) is 3. The minimum atomic E-state index is -1.29. The van der Waals surface area contributed by atoms with Gasteiger partial charge >= 0.3 is 5.97 Å². The number of carbonyl (C=O) groups excluding carboxylic acids is 3. The number of esters is 1. The number of nitrogens with one attached hydrogen (secondary N) is 2. The Hall–Kier alpha value is -2.87. The number of rotatable bonds is 11. The van der Waals surface area contributed by atoms with Crippen LogP contribution in [-0.2, 0) is 44.7 Å². The fourth-order valence-electron chi connectivity index (χ4n) is 11.8. The predicted octanol–water partition coefficient (Wildman–Crippen LogP) is 4.18. The monoisotopic (exact) mass is 759 g/mol. The summed E-state index contributed by atoms with van der Waals surface area (Å²) in [6.45, 7) is 7.45. The molecular formula is C43H57N3O9. The number of nitrogens with zero attached hydrogens (tertiary/aromatic N) is 1. The van der Waals surface area contributed by atoms with Crippen molar-refractivity contribution in [3.63, 3.8) is 0 Å². The van der Waals surface area contributed by atoms with Crippen molar-refractivity contribution in [3.05, 3.63) is 41.0 Å². The molecule has 1 aromatic rings. The van der Waals surface area contributed by atoms with Crippen LogP contribution < -0.4 is 10.6 Å². The van der Waals surface area contributed by atoms with Crippen molar-refractivity contribution in [2.45, 2.75) is 146 Å². The molecule has 55 heavy (non-hydrogen) atoms. The molecule has 10 rings (SSSR count). The Morgan fingerprint density at radius 1 is 0.964 bits per heavy atom. The van der Waals surface area contributed by atoms with Crippen LogP contribution >= 0.6 is 0 Å². The van der Waals surface area contributed by atoms with Crippen LogP contribution in [-0.4, -0.2) is 95.6 Å². The van der Waals surface area contributed by atoms with Gasteiger partial charge in [-0.2, -0.15) is 5.06 Å². The van der Waals surface area contributed by atoms with Gasteiger partial charge in [-0.15, -0.1) is 0 Å². The Kier molecular flexibility index (Phi) is 8.67. The minimum Gasteiger partial charge on any atom is -0.458 e. The molecule has 0 aromatic heterocycles. The molecule has 12 heteroatoms. The summed E-state index contributed by atoms with van der Waals surface area (Å²) >= 11 is 0. The quantitative estimate of drug-likeness (QED) is 0.222. The molecule has 1 aromatic carbocycles. The van der Waals surface area contributed by atoms with Gasteiger partial charge in [-0.1, -0.05) is 49.8 Å². The molecule has 4 saturated heterocycles. The third-order valence-corrected chi connectivity index (χ3v) is 15.0. The first-order valence-corrected chi connectivity index (χ1v) is 21.1. The lowest BCUT2D eigenvalue weighted by molar-refractivity contribution is -0.235. The van der Waals surface area contributed by atoms with E-state index < -0.39 is 47.6 Å². The zero-order chi connectivity index (χ0) is 37.9. The zero-order valence-corrected chi connectivity index (χ0v) is 32.4. The Bertz CT molecular complexity index is 1760. The molecular weight excluding hydrogens is 702 g/mol. The summed E-state index contributed by atoms with van der Waals surface area (Å²) in [7, 11) is 0. The molecule has 10 atom stereocenters. The lowest BCUT2D eigenvalue weighted by Crippen LogP contribution is -2.69. The Balaban J connectivity index is 0.933. The molecule has 2 bridgehead atoms. The third kappa shape index (κ3) is 6.02. The van der Waals surface area contributed by atoms with Gasteiger partial charge in [0, 0.05) is 37.8 Å². The maximum atomic E-state index is 14.6. The molecule has 9 fully saturated rings. The van der Waals surface area contributed by atoms with Crippen molar-refractivity contribution in [1.29, 1.82) is 0 Å². The largest absolute Gasteiger partial charge is 0.458 e. The van der Waals surface area contributed by atoms with E-state index in [-0.39, 0.29) is 56.5 Å². The van der Waals surface area contributed by atoms with Gasteiger partial charge in [0.2, 0.25) is 11.8 Å². The number of carbonyl (C=O) groups is 3. The highest BCUT2D eigenvalue weighted by atomic mass is 16.8. The van der Waals surface area contributed by atoms with Gasteiger partial charge in [0.15, 0.2) is 11.8 Å². The number of amides is 2. The van der Waals surface area contributed by atoms with E-state index >= 15 is 0 Å². The van der Waals surface area contributed by atoms with Crippen molar-refractivity contribution in [3.8, 4) is 0 Å². The molecule has 0 spiro atoms. The summed E-state index contributed by atoms with van der Waals surface area (Å²) in [4.78, 5) is 47.9. The minimum absolute atomic E-state index is 0.0367. The number of fused-ring (bicyclic) bond motifs is 6. The van der Waals surface area contributed by atoms with E-state index in [1.165, 1.54) is 18.4 Å². The van der Waals surface area contributed by atoms with Crippen LogP contribution in [0.15, 0.2) is 29.8 Å². The molecule has 4 heterocycles. The smallest absolute Gasteiger partial charge is 0.327 e. The van der Waals surface area contributed by atoms with E-state index in [1.807, 2.05) is 6.07 Å². The maximum Gasteiger partial charge on any atom is 0.327 e. The molecule has 9 aliphatic rings. The number of aliphatic hydroxyl groups excluding tert-OH is 1. The number of aliphatic hydroxyl groups is 1. The van der Waals surface area contributed by atoms with Crippen LogP contribution in [0.3, 0.4) is 0 Å². The van der Waals surface area contributed by atoms with Crippen LogP contribution in [0.25, 0.3) is 6.08 Å². The van der Waals surface area contributed by atoms with Crippen LogP contribution in [0.4, 0.5) is 0 Å². The van der Waals surface area contributed by atoms with E-state index in [2.05, 4.69) is 55.7 Å². The Morgan fingerprint density at radius 3 is 2.49 bits per heavy atom. The lowest BCUT2D eigenvalue weighted by Gasteiger charge is -2.53. The van der Waals surface area contributed by atoms with Gasteiger partial charge in [0.25, 0.3) is 0 Å². The normalized spacial score (nSPS) is 41.4. The number of hydroxylamine groups is 2. The highest BCUT2D eigenvalue weighted by molar-refractivity contribution is 5.94. The lowest BCUT2D eigenvalue weighted by atomic mass is 9.52. The Morgan fingerprint density at radius 2 is 1.75 bits per heavy atom. The van der Waals surface area contributed by atoms with E-state index in [1.54, 1.807) is 5.06 Å². The number of hydrogen-bond acceptors (Lipinski definition) is 10. The molecule has 298 valence electrons. The number of epoxide rings is 1. The second-order valence-electron chi connectivity index (χ2n) is 19.1. The van der Waals surface area contributed by atoms with Crippen molar-refractivity contribution >= 4 is 23.9 Å². The fraction of sp³-hybridized carbons (Fsp3) is 0.744. The zero-order valence-electron chi connectivity index (χ0n) is 32.4. The highest BCUT2D eigenvalue weighted by Gasteiger charge is 2.78. The van der Waals surface area contributed by atoms with Crippen LogP contribution in [0, 0.1) is 34.5 Å². The molecule has 2 amide bonds. The van der Waals surface area contributed by atoms with Crippen molar-refractivity contribution in [2.24, 2.45) is 34.5 Å². The molecule has 1 unspecified atom stereocenters. The average molecular weight is 760 g/mol. The summed E-state index contributed by atoms with van der Waals surface area (Å²) in [6.07, 6.45) is 10.2. The van der Waals surface area contributed by atoms with E-state index in [0.717, 1.165) is 56.1 Å². The van der Waals surface area contributed by atoms with Crippen molar-refractivity contribution in [2.75, 3.05) is 19.7 Å². The van der Waals surface area contributed by atoms with E-state index in [9.17, 15) is 14.4 Å². The molecule has 12 nitrogen and oxygen atoms in total. The summed E-state index contributed by atoms with van der Waals surface area (Å²) in [5, 5.41) is 16.4. The molecule has 0 radical (unpaired) electrons. The predicted molar refractivity (Wildman–Crippen MR) is 198 cm³/mol. The van der Waals surface area contributed by atoms with Gasteiger partial charge in [-0.3, -0.25) is 19.2 Å². The second-order valence-corrected chi connectivity index (χ2v) is 19.1. The SMILES string of the molecule is CC1(C)C[C@@H]2C(=Cc3cccc(CN4O[C@@H]5[C@H]6OC(C7CC7)(C7CC7)O[C@H]6[C@H]6C[C@]5(C(=O)NCCC(=O)NCCO)[C@@H]4C(=O)O6)c3)CCC3O[C@]3(C)CC[C@H]21. The topological polar surface area (TPSA) is 148 Å². The summed E-state index contributed by atoms with van der Waals surface area (Å²) in [5.74, 6) is -0.0411. The molecule has 4 aliphatic heterocycles. The first kappa shape index (κ1) is 36.5. The summed E-state index contributed by atoms with van der Waals surface area (Å²) in [6, 6.07) is 7.44. The molecule has 5 saturated carbocycles. The highest BCUT2D eigenvalue weighted by Crippen LogP contribution is 2.64. The van der Waals surface area contributed by atoms with Gasteiger partial charge in [0.1, 0.15) is 29.8 Å². The average Bonchev–Trinajstić information content (AvgIpc) is 4.10. The molecule has 5 aliphatic carbocycles. The van der Waals surface area contributed by atoms with Crippen LogP contribution in [0.5, 0.6) is 0 Å². The third-order valence-electron chi connectivity index (χ3n) is 15.0. The number of ether oxygens (including phenoxy) is 4. The van der Waals surface area contributed by atoms with Crippen LogP contribution in [0.1, 0.15) is 103 Å². The molecule has 3 N–H and O–H groups in total. The standard InChI is InChI=1S/C43H57N3O9/c1-40(2)21-29-26(7-12-32-41(3,52-32)15-13-30(29)40)20-24-5-4-6-25(19-24)23-46-36-38(49)51-31-22-42(36,39(50)45-16-14-33(48)44-17-18-47)37(55-46)35-34(31)53-43(54-35,27-8-9-27)28-10-11-28/h4-6,19-20,27-32,34-37,47H,7-18,21-23H2,1-3H3,(H,44,48)(H,45,50)/t29-,30-,31-,32?,34+,35+,36+,37-,41-,42+/m1/s1. The van der Waals surface area contributed by atoms with E-state index in [4.69, 9.17) is 28.9 Å². The first-order chi connectivity index (χ1) is 26.4. The second kappa shape index (κ2) is 13.1. The summed E-state index contributed by atoms with van der Waals surface area (Å²) in [5.41, 5.74) is 2.66. The summed E-state index contributed by atoms with van der Waals surface area (Å²) < 4.78 is 26.3. The first-order valence-electron chi connectivity index (χ1n) is 21.1. The van der Waals surface area contributed by atoms with Crippen LogP contribution in [0.2, 0.25) is 0 Å². The van der Waals surface area contributed by atoms with E-state index in [0.29, 0.717) is 35.2 Å². The number of benzene rings is 1. The van der Waals surface area contributed by atoms with Gasteiger partial charge in [-0.05, 0) is 93.1 Å². The van der Waals surface area contributed by atoms with Gasteiger partial charge < -0.3 is 34.7 Å². The fourth-order valence-corrected chi connectivity index (χ4v) is 11.8.